The monoisotopic (exact) mass is 372 g/mol. The average Bonchev–Trinajstić information content (AvgIpc) is 2.64. The summed E-state index contributed by atoms with van der Waals surface area (Å²) < 4.78 is 38.2. The number of halogens is 3. The van der Waals surface area contributed by atoms with Gasteiger partial charge in [-0.25, -0.2) is 0 Å². The van der Waals surface area contributed by atoms with Gasteiger partial charge in [0.05, 0.1) is 5.56 Å². The van der Waals surface area contributed by atoms with Crippen molar-refractivity contribution in [3.63, 3.8) is 0 Å². The lowest BCUT2D eigenvalue weighted by Crippen LogP contribution is -2.15. The van der Waals surface area contributed by atoms with Crippen LogP contribution in [0.15, 0.2) is 60.7 Å². The Morgan fingerprint density at radius 1 is 0.926 bits per heavy atom. The maximum Gasteiger partial charge on any atom is 0.416 e. The van der Waals surface area contributed by atoms with Crippen molar-refractivity contribution in [3.8, 4) is 0 Å². The lowest BCUT2D eigenvalue weighted by Gasteiger charge is -2.10. The maximum absolute atomic E-state index is 12.7. The molecule has 138 valence electrons. The Bertz CT molecular complexity index is 938. The summed E-state index contributed by atoms with van der Waals surface area (Å²) in [6.45, 7) is 1.97. The van der Waals surface area contributed by atoms with E-state index in [9.17, 15) is 18.0 Å². The van der Waals surface area contributed by atoms with Gasteiger partial charge in [0.2, 0.25) is 0 Å². The minimum atomic E-state index is -4.48. The minimum Gasteiger partial charge on any atom is -0.339 e. The third-order valence-corrected chi connectivity index (χ3v) is 3.67. The number of aromatic nitrogens is 2. The molecule has 0 spiro atoms. The molecule has 0 unspecified atom stereocenters. The summed E-state index contributed by atoms with van der Waals surface area (Å²) in [5.74, 6) is -0.210. The quantitative estimate of drug-likeness (QED) is 0.690. The highest BCUT2D eigenvalue weighted by Gasteiger charge is 2.30. The van der Waals surface area contributed by atoms with Gasteiger partial charge in [0.15, 0.2) is 11.5 Å². The summed E-state index contributed by atoms with van der Waals surface area (Å²) in [6, 6.07) is 15.0. The number of amides is 1. The van der Waals surface area contributed by atoms with Crippen LogP contribution >= 0.6 is 0 Å². The Kier molecular flexibility index (Phi) is 5.07. The summed E-state index contributed by atoms with van der Waals surface area (Å²) in [5, 5.41) is 13.2. The highest BCUT2D eigenvalue weighted by molar-refractivity contribution is 6.02. The van der Waals surface area contributed by atoms with Crippen LogP contribution in [0, 0.1) is 6.92 Å². The normalized spacial score (nSPS) is 11.1. The fraction of sp³-hybridized carbons (Fsp3) is 0.105. The number of aryl methyl sites for hydroxylation is 1. The van der Waals surface area contributed by atoms with Gasteiger partial charge in [0, 0.05) is 11.4 Å². The number of carbonyl (C=O) groups is 1. The third-order valence-electron chi connectivity index (χ3n) is 3.67. The second-order valence-corrected chi connectivity index (χ2v) is 5.83. The highest BCUT2D eigenvalue weighted by atomic mass is 19.4. The van der Waals surface area contributed by atoms with E-state index in [1.54, 1.807) is 6.07 Å². The van der Waals surface area contributed by atoms with Crippen LogP contribution in [0.25, 0.3) is 0 Å². The second-order valence-electron chi connectivity index (χ2n) is 5.83. The topological polar surface area (TPSA) is 66.9 Å². The van der Waals surface area contributed by atoms with Crippen molar-refractivity contribution < 1.29 is 18.0 Å². The van der Waals surface area contributed by atoms with Crippen molar-refractivity contribution in [1.82, 2.24) is 10.2 Å². The molecule has 2 aromatic carbocycles. The standard InChI is InChI=1S/C19H15F3N4O/c1-12-5-7-14(8-6-12)23-17-10-9-16(25-26-17)18(27)24-15-4-2-3-13(11-15)19(20,21)22/h2-11H,1H3,(H,23,26)(H,24,27). The van der Waals surface area contributed by atoms with Gasteiger partial charge in [0.1, 0.15) is 0 Å². The molecule has 0 aliphatic heterocycles. The van der Waals surface area contributed by atoms with Gasteiger partial charge >= 0.3 is 6.18 Å². The van der Waals surface area contributed by atoms with Gasteiger partial charge in [-0.1, -0.05) is 23.8 Å². The predicted molar refractivity (Wildman–Crippen MR) is 95.9 cm³/mol. The van der Waals surface area contributed by atoms with Crippen molar-refractivity contribution in [2.45, 2.75) is 13.1 Å². The molecule has 1 aromatic heterocycles. The van der Waals surface area contributed by atoms with Crippen molar-refractivity contribution in [3.05, 3.63) is 77.5 Å². The van der Waals surface area contributed by atoms with Crippen molar-refractivity contribution in [2.24, 2.45) is 0 Å². The molecular weight excluding hydrogens is 357 g/mol. The number of rotatable bonds is 4. The Balaban J connectivity index is 1.68. The zero-order valence-electron chi connectivity index (χ0n) is 14.2. The van der Waals surface area contributed by atoms with Gasteiger partial charge in [0.25, 0.3) is 5.91 Å². The number of hydrogen-bond donors (Lipinski definition) is 2. The largest absolute Gasteiger partial charge is 0.416 e. The van der Waals surface area contributed by atoms with Crippen LogP contribution in [-0.4, -0.2) is 16.1 Å². The molecule has 1 amide bonds. The van der Waals surface area contributed by atoms with E-state index in [4.69, 9.17) is 0 Å². The van der Waals surface area contributed by atoms with Crippen LogP contribution in [-0.2, 0) is 6.18 Å². The average molecular weight is 372 g/mol. The van der Waals surface area contributed by atoms with Crippen molar-refractivity contribution in [2.75, 3.05) is 10.6 Å². The molecule has 27 heavy (non-hydrogen) atoms. The first-order valence-electron chi connectivity index (χ1n) is 7.97. The number of anilines is 3. The Morgan fingerprint density at radius 3 is 2.30 bits per heavy atom. The number of benzene rings is 2. The van der Waals surface area contributed by atoms with Gasteiger partial charge < -0.3 is 10.6 Å². The second kappa shape index (κ2) is 7.45. The Labute approximate surface area is 153 Å². The van der Waals surface area contributed by atoms with Gasteiger partial charge in [-0.2, -0.15) is 13.2 Å². The van der Waals surface area contributed by atoms with E-state index in [1.807, 2.05) is 31.2 Å². The van der Waals surface area contributed by atoms with E-state index in [1.165, 1.54) is 18.2 Å². The SMILES string of the molecule is Cc1ccc(Nc2ccc(C(=O)Nc3cccc(C(F)(F)F)c3)nn2)cc1. The molecule has 0 atom stereocenters. The molecule has 0 aliphatic rings. The molecule has 1 heterocycles. The summed E-state index contributed by atoms with van der Waals surface area (Å²) in [7, 11) is 0. The number of nitrogens with one attached hydrogen (secondary N) is 2. The molecule has 0 radical (unpaired) electrons. The first kappa shape index (κ1) is 18.4. The van der Waals surface area contributed by atoms with Crippen LogP contribution in [0.4, 0.5) is 30.4 Å². The summed E-state index contributed by atoms with van der Waals surface area (Å²) in [5.41, 5.74) is 1.11. The molecule has 0 saturated carbocycles. The Morgan fingerprint density at radius 2 is 1.67 bits per heavy atom. The van der Waals surface area contributed by atoms with Gasteiger partial charge in [-0.3, -0.25) is 4.79 Å². The van der Waals surface area contributed by atoms with Gasteiger partial charge in [-0.15, -0.1) is 10.2 Å². The first-order chi connectivity index (χ1) is 12.8. The lowest BCUT2D eigenvalue weighted by atomic mass is 10.2. The van der Waals surface area contributed by atoms with Crippen LogP contribution in [0.1, 0.15) is 21.6 Å². The van der Waals surface area contributed by atoms with E-state index in [-0.39, 0.29) is 11.4 Å². The third kappa shape index (κ3) is 4.81. The fourth-order valence-corrected chi connectivity index (χ4v) is 2.27. The van der Waals surface area contributed by atoms with Crippen LogP contribution in [0.2, 0.25) is 0 Å². The predicted octanol–water partition coefficient (Wildman–Crippen LogP) is 4.80. The zero-order chi connectivity index (χ0) is 19.4. The number of nitrogens with zero attached hydrogens (tertiary/aromatic N) is 2. The smallest absolute Gasteiger partial charge is 0.339 e. The van der Waals surface area contributed by atoms with Crippen LogP contribution < -0.4 is 10.6 Å². The summed E-state index contributed by atoms with van der Waals surface area (Å²) >= 11 is 0. The van der Waals surface area contributed by atoms with Crippen LogP contribution in [0.3, 0.4) is 0 Å². The number of carbonyl (C=O) groups excluding carboxylic acids is 1. The molecule has 3 aromatic rings. The molecule has 0 fully saturated rings. The molecule has 2 N–H and O–H groups in total. The number of alkyl halides is 3. The molecule has 8 heteroatoms. The van der Waals surface area contributed by atoms with Gasteiger partial charge in [-0.05, 0) is 49.4 Å². The summed E-state index contributed by atoms with van der Waals surface area (Å²) in [4.78, 5) is 12.2. The lowest BCUT2D eigenvalue weighted by molar-refractivity contribution is -0.137. The maximum atomic E-state index is 12.7. The Hall–Kier alpha value is -3.42. The zero-order valence-corrected chi connectivity index (χ0v) is 14.2. The first-order valence-corrected chi connectivity index (χ1v) is 7.97. The minimum absolute atomic E-state index is 0.0122. The van der Waals surface area contributed by atoms with Crippen LogP contribution in [0.5, 0.6) is 0 Å². The highest BCUT2D eigenvalue weighted by Crippen LogP contribution is 2.30. The molecule has 0 saturated heterocycles. The number of hydrogen-bond acceptors (Lipinski definition) is 4. The molecule has 5 nitrogen and oxygen atoms in total. The van der Waals surface area contributed by atoms with E-state index in [0.29, 0.717) is 5.82 Å². The van der Waals surface area contributed by atoms with E-state index in [0.717, 1.165) is 23.4 Å². The molecular formula is C19H15F3N4O. The molecule has 3 rings (SSSR count). The molecule has 0 aliphatic carbocycles. The van der Waals surface area contributed by atoms with E-state index >= 15 is 0 Å². The summed E-state index contributed by atoms with van der Waals surface area (Å²) in [6.07, 6.45) is -4.48. The van der Waals surface area contributed by atoms with E-state index in [2.05, 4.69) is 20.8 Å². The fourth-order valence-electron chi connectivity index (χ4n) is 2.27. The van der Waals surface area contributed by atoms with Crippen molar-refractivity contribution in [1.29, 1.82) is 0 Å². The molecule has 0 bridgehead atoms. The van der Waals surface area contributed by atoms with Crippen molar-refractivity contribution >= 4 is 23.1 Å². The van der Waals surface area contributed by atoms with E-state index < -0.39 is 17.6 Å².